The van der Waals surface area contributed by atoms with Gasteiger partial charge in [0.05, 0.1) is 7.11 Å². The van der Waals surface area contributed by atoms with E-state index in [1.165, 1.54) is 0 Å². The largest absolute Gasteiger partial charge is 0.493 e. The lowest BCUT2D eigenvalue weighted by Gasteiger charge is -2.19. The first-order chi connectivity index (χ1) is 13.2. The van der Waals surface area contributed by atoms with Gasteiger partial charge < -0.3 is 19.9 Å². The predicted molar refractivity (Wildman–Crippen MR) is 115 cm³/mol. The van der Waals surface area contributed by atoms with Crippen LogP contribution in [0.15, 0.2) is 34.8 Å². The Labute approximate surface area is 183 Å². The summed E-state index contributed by atoms with van der Waals surface area (Å²) in [5.74, 6) is 0.128. The molecule has 0 fully saturated rings. The summed E-state index contributed by atoms with van der Waals surface area (Å²) in [5.41, 5.74) is 1.54. The zero-order valence-corrected chi connectivity index (χ0v) is 18.9. The molecule has 1 unspecified atom stereocenters. The summed E-state index contributed by atoms with van der Waals surface area (Å²) >= 11 is 15.9. The SMILES string of the molecule is COc1cc(CNC(C(=O)O)C(C)C)c(Br)cc1OCc1c(Cl)cccc1Cl. The molecule has 0 saturated carbocycles. The Kier molecular flexibility index (Phi) is 8.43. The molecular formula is C20H22BrCl2NO4. The van der Waals surface area contributed by atoms with E-state index in [-0.39, 0.29) is 12.5 Å². The lowest BCUT2D eigenvalue weighted by atomic mass is 10.0. The van der Waals surface area contributed by atoms with Gasteiger partial charge in [-0.15, -0.1) is 0 Å². The van der Waals surface area contributed by atoms with E-state index in [1.807, 2.05) is 13.8 Å². The van der Waals surface area contributed by atoms with E-state index in [0.717, 1.165) is 10.0 Å². The van der Waals surface area contributed by atoms with Crippen LogP contribution >= 0.6 is 39.1 Å². The van der Waals surface area contributed by atoms with Crippen molar-refractivity contribution in [2.75, 3.05) is 7.11 Å². The fourth-order valence-corrected chi connectivity index (χ4v) is 3.60. The molecule has 0 aliphatic carbocycles. The lowest BCUT2D eigenvalue weighted by Crippen LogP contribution is -2.40. The number of halogens is 3. The number of nitrogens with one attached hydrogen (secondary N) is 1. The normalized spacial score (nSPS) is 12.1. The third kappa shape index (κ3) is 5.77. The van der Waals surface area contributed by atoms with Crippen molar-refractivity contribution in [3.63, 3.8) is 0 Å². The zero-order valence-electron chi connectivity index (χ0n) is 15.8. The monoisotopic (exact) mass is 489 g/mol. The number of ether oxygens (including phenoxy) is 2. The minimum atomic E-state index is -0.880. The van der Waals surface area contributed by atoms with Gasteiger partial charge >= 0.3 is 5.97 Å². The molecule has 0 bridgehead atoms. The van der Waals surface area contributed by atoms with Crippen molar-refractivity contribution < 1.29 is 19.4 Å². The molecule has 0 spiro atoms. The molecule has 152 valence electrons. The summed E-state index contributed by atoms with van der Waals surface area (Å²) in [6.45, 7) is 4.27. The molecule has 8 heteroatoms. The molecule has 5 nitrogen and oxygen atoms in total. The molecule has 28 heavy (non-hydrogen) atoms. The average molecular weight is 491 g/mol. The summed E-state index contributed by atoms with van der Waals surface area (Å²) < 4.78 is 12.1. The number of carboxylic acid groups (broad SMARTS) is 1. The maximum absolute atomic E-state index is 11.4. The Morgan fingerprint density at radius 3 is 2.39 bits per heavy atom. The molecule has 0 aliphatic heterocycles. The fraction of sp³-hybridized carbons (Fsp3) is 0.350. The van der Waals surface area contributed by atoms with Gasteiger partial charge in [0.1, 0.15) is 12.6 Å². The van der Waals surface area contributed by atoms with Crippen LogP contribution in [0.4, 0.5) is 0 Å². The minimum absolute atomic E-state index is 0.0406. The Balaban J connectivity index is 2.17. The van der Waals surface area contributed by atoms with Gasteiger partial charge in [-0.2, -0.15) is 0 Å². The summed E-state index contributed by atoms with van der Waals surface area (Å²) in [4.78, 5) is 11.4. The van der Waals surface area contributed by atoms with E-state index < -0.39 is 12.0 Å². The van der Waals surface area contributed by atoms with Crippen molar-refractivity contribution in [2.24, 2.45) is 5.92 Å². The maximum Gasteiger partial charge on any atom is 0.320 e. The molecule has 0 heterocycles. The van der Waals surface area contributed by atoms with Crippen LogP contribution in [0.25, 0.3) is 0 Å². The van der Waals surface area contributed by atoms with Crippen molar-refractivity contribution >= 4 is 45.1 Å². The quantitative estimate of drug-likeness (QED) is 0.482. The van der Waals surface area contributed by atoms with Crippen molar-refractivity contribution in [1.82, 2.24) is 5.32 Å². The molecule has 0 amide bonds. The number of hydrogen-bond acceptors (Lipinski definition) is 4. The number of methoxy groups -OCH3 is 1. The second kappa shape index (κ2) is 10.3. The molecule has 2 N–H and O–H groups in total. The van der Waals surface area contributed by atoms with Crippen molar-refractivity contribution in [3.05, 3.63) is 56.0 Å². The van der Waals surface area contributed by atoms with Crippen LogP contribution in [0.1, 0.15) is 25.0 Å². The fourth-order valence-electron chi connectivity index (χ4n) is 2.63. The van der Waals surface area contributed by atoms with Gasteiger partial charge in [0, 0.05) is 26.6 Å². The number of carboxylic acids is 1. The summed E-state index contributed by atoms with van der Waals surface area (Å²) in [7, 11) is 1.55. The number of carbonyl (C=O) groups is 1. The van der Waals surface area contributed by atoms with E-state index in [0.29, 0.717) is 33.7 Å². The highest BCUT2D eigenvalue weighted by Gasteiger charge is 2.21. The van der Waals surface area contributed by atoms with Gasteiger partial charge in [-0.3, -0.25) is 4.79 Å². The molecule has 1 atom stereocenters. The van der Waals surface area contributed by atoms with Gasteiger partial charge in [-0.05, 0) is 35.7 Å². The topological polar surface area (TPSA) is 67.8 Å². The maximum atomic E-state index is 11.4. The molecule has 2 aromatic carbocycles. The van der Waals surface area contributed by atoms with Crippen molar-refractivity contribution in [1.29, 1.82) is 0 Å². The highest BCUT2D eigenvalue weighted by molar-refractivity contribution is 9.10. The minimum Gasteiger partial charge on any atom is -0.493 e. The molecular weight excluding hydrogens is 469 g/mol. The average Bonchev–Trinajstić information content (AvgIpc) is 2.62. The predicted octanol–water partition coefficient (Wildman–Crippen LogP) is 5.54. The van der Waals surface area contributed by atoms with Crippen LogP contribution in [0.2, 0.25) is 10.0 Å². The Bertz CT molecular complexity index is 825. The van der Waals surface area contributed by atoms with Crippen LogP contribution in [0.5, 0.6) is 11.5 Å². The number of aliphatic carboxylic acids is 1. The molecule has 2 rings (SSSR count). The number of benzene rings is 2. The Hall–Kier alpha value is -1.47. The number of hydrogen-bond donors (Lipinski definition) is 2. The van der Waals surface area contributed by atoms with E-state index in [1.54, 1.807) is 37.4 Å². The highest BCUT2D eigenvalue weighted by atomic mass is 79.9. The first-order valence-electron chi connectivity index (χ1n) is 8.62. The second-order valence-corrected chi connectivity index (χ2v) is 8.19. The van der Waals surface area contributed by atoms with Crippen LogP contribution < -0.4 is 14.8 Å². The van der Waals surface area contributed by atoms with E-state index in [9.17, 15) is 9.90 Å². The van der Waals surface area contributed by atoms with Gasteiger partial charge in [0.25, 0.3) is 0 Å². The van der Waals surface area contributed by atoms with Crippen LogP contribution in [0, 0.1) is 5.92 Å². The summed E-state index contributed by atoms with van der Waals surface area (Å²) in [5, 5.41) is 13.4. The second-order valence-electron chi connectivity index (χ2n) is 6.52. The first-order valence-corrected chi connectivity index (χ1v) is 10.2. The van der Waals surface area contributed by atoms with Gasteiger partial charge in [-0.1, -0.05) is 59.0 Å². The standard InChI is InChI=1S/C20H22BrCl2NO4/c1-11(2)19(20(25)26)24-9-12-7-17(27-3)18(8-14(12)21)28-10-13-15(22)5-4-6-16(13)23/h4-8,11,19,24H,9-10H2,1-3H3,(H,25,26). The summed E-state index contributed by atoms with van der Waals surface area (Å²) in [6, 6.07) is 8.22. The van der Waals surface area contributed by atoms with Gasteiger partial charge in [-0.25, -0.2) is 0 Å². The third-order valence-electron chi connectivity index (χ3n) is 4.21. The lowest BCUT2D eigenvalue weighted by molar-refractivity contribution is -0.140. The van der Waals surface area contributed by atoms with Crippen LogP contribution in [-0.4, -0.2) is 24.2 Å². The third-order valence-corrected chi connectivity index (χ3v) is 5.66. The van der Waals surface area contributed by atoms with E-state index >= 15 is 0 Å². The molecule has 2 aromatic rings. The first kappa shape index (κ1) is 22.8. The smallest absolute Gasteiger partial charge is 0.320 e. The van der Waals surface area contributed by atoms with Gasteiger partial charge in [0.2, 0.25) is 0 Å². The molecule has 0 radical (unpaired) electrons. The summed E-state index contributed by atoms with van der Waals surface area (Å²) in [6.07, 6.45) is 0. The van der Waals surface area contributed by atoms with Crippen molar-refractivity contribution in [3.8, 4) is 11.5 Å². The van der Waals surface area contributed by atoms with E-state index in [2.05, 4.69) is 21.2 Å². The van der Waals surface area contributed by atoms with Gasteiger partial charge in [0.15, 0.2) is 11.5 Å². The molecule has 0 saturated heterocycles. The Morgan fingerprint density at radius 2 is 1.86 bits per heavy atom. The van der Waals surface area contributed by atoms with Crippen molar-refractivity contribution in [2.45, 2.75) is 33.0 Å². The highest BCUT2D eigenvalue weighted by Crippen LogP contribution is 2.35. The van der Waals surface area contributed by atoms with Crippen LogP contribution in [-0.2, 0) is 17.9 Å². The zero-order chi connectivity index (χ0) is 20.8. The molecule has 0 aliphatic rings. The number of rotatable bonds is 9. The van der Waals surface area contributed by atoms with Crippen LogP contribution in [0.3, 0.4) is 0 Å². The Morgan fingerprint density at radius 1 is 1.21 bits per heavy atom. The molecule has 0 aromatic heterocycles. The van der Waals surface area contributed by atoms with E-state index in [4.69, 9.17) is 32.7 Å².